The van der Waals surface area contributed by atoms with Crippen molar-refractivity contribution < 1.29 is 4.52 Å². The number of benzene rings is 1. The first-order valence-electron chi connectivity index (χ1n) is 6.81. The molecule has 0 bridgehead atoms. The molecule has 0 radical (unpaired) electrons. The van der Waals surface area contributed by atoms with E-state index >= 15 is 0 Å². The van der Waals surface area contributed by atoms with Crippen LogP contribution in [0.3, 0.4) is 0 Å². The van der Waals surface area contributed by atoms with Gasteiger partial charge in [-0.2, -0.15) is 0 Å². The molecular weight excluding hydrogens is 379 g/mol. The molecule has 0 aliphatic heterocycles. The van der Waals surface area contributed by atoms with Crippen molar-refractivity contribution in [1.82, 2.24) is 5.16 Å². The topological polar surface area (TPSA) is 76.4 Å². The van der Waals surface area contributed by atoms with Crippen LogP contribution in [-0.2, 0) is 19.4 Å². The maximum atomic E-state index is 5.88. The lowest BCUT2D eigenvalue weighted by Crippen LogP contribution is -2.22. The molecule has 0 saturated heterocycles. The molecule has 0 amide bonds. The second kappa shape index (κ2) is 6.93. The van der Waals surface area contributed by atoms with Crippen molar-refractivity contribution in [2.24, 2.45) is 10.7 Å². The standard InChI is InChI=1S/C15H18N4O.HI/c1-10-7-14(20-19-10)9-17-15(16)18-13-6-5-11-3-2-4-12(11)8-13;/h5-8H,2-4,9H2,1H3,(H3,16,17,18);1H. The first-order valence-corrected chi connectivity index (χ1v) is 6.81. The van der Waals surface area contributed by atoms with Gasteiger partial charge in [0.05, 0.1) is 5.69 Å². The molecular formula is C15H19IN4O. The molecule has 0 spiro atoms. The van der Waals surface area contributed by atoms with Crippen LogP contribution in [0.1, 0.15) is 29.0 Å². The third kappa shape index (κ3) is 3.96. The number of aryl methyl sites for hydroxylation is 3. The van der Waals surface area contributed by atoms with Gasteiger partial charge in [0.2, 0.25) is 0 Å². The van der Waals surface area contributed by atoms with Crippen LogP contribution >= 0.6 is 24.0 Å². The number of guanidine groups is 1. The number of fused-ring (bicyclic) bond motifs is 1. The van der Waals surface area contributed by atoms with E-state index in [1.165, 1.54) is 24.0 Å². The predicted molar refractivity (Wildman–Crippen MR) is 94.1 cm³/mol. The summed E-state index contributed by atoms with van der Waals surface area (Å²) in [6, 6.07) is 8.22. The molecule has 0 saturated carbocycles. The van der Waals surface area contributed by atoms with Crippen molar-refractivity contribution in [1.29, 1.82) is 0 Å². The summed E-state index contributed by atoms with van der Waals surface area (Å²) in [5.74, 6) is 1.10. The van der Waals surface area contributed by atoms with E-state index in [-0.39, 0.29) is 24.0 Å². The van der Waals surface area contributed by atoms with Crippen molar-refractivity contribution in [3.8, 4) is 0 Å². The van der Waals surface area contributed by atoms with Gasteiger partial charge in [-0.25, -0.2) is 4.99 Å². The molecule has 5 nitrogen and oxygen atoms in total. The molecule has 1 aromatic carbocycles. The molecule has 0 atom stereocenters. The monoisotopic (exact) mass is 398 g/mol. The largest absolute Gasteiger partial charge is 0.370 e. The zero-order valence-electron chi connectivity index (χ0n) is 11.9. The van der Waals surface area contributed by atoms with Crippen molar-refractivity contribution in [3.05, 3.63) is 46.8 Å². The van der Waals surface area contributed by atoms with Gasteiger partial charge in [-0.05, 0) is 49.4 Å². The van der Waals surface area contributed by atoms with E-state index in [1.54, 1.807) is 0 Å². The van der Waals surface area contributed by atoms with Crippen molar-refractivity contribution in [2.45, 2.75) is 32.7 Å². The molecule has 21 heavy (non-hydrogen) atoms. The predicted octanol–water partition coefficient (Wildman–Crippen LogP) is 3.02. The van der Waals surface area contributed by atoms with E-state index in [0.717, 1.165) is 17.8 Å². The van der Waals surface area contributed by atoms with Gasteiger partial charge in [0.1, 0.15) is 6.54 Å². The fourth-order valence-electron chi connectivity index (χ4n) is 2.49. The quantitative estimate of drug-likeness (QED) is 0.474. The summed E-state index contributed by atoms with van der Waals surface area (Å²) in [6.07, 6.45) is 3.58. The maximum absolute atomic E-state index is 5.88. The van der Waals surface area contributed by atoms with Crippen molar-refractivity contribution in [2.75, 3.05) is 5.32 Å². The van der Waals surface area contributed by atoms with Crippen molar-refractivity contribution >= 4 is 35.6 Å². The number of aliphatic imine (C=N–C) groups is 1. The molecule has 1 aromatic heterocycles. The highest BCUT2D eigenvalue weighted by molar-refractivity contribution is 14.0. The smallest absolute Gasteiger partial charge is 0.193 e. The van der Waals surface area contributed by atoms with E-state index in [1.807, 2.05) is 19.1 Å². The first kappa shape index (κ1) is 15.8. The number of anilines is 1. The zero-order valence-corrected chi connectivity index (χ0v) is 14.3. The van der Waals surface area contributed by atoms with Crippen LogP contribution in [0.5, 0.6) is 0 Å². The van der Waals surface area contributed by atoms with E-state index in [9.17, 15) is 0 Å². The minimum Gasteiger partial charge on any atom is -0.370 e. The van der Waals surface area contributed by atoms with E-state index < -0.39 is 0 Å². The van der Waals surface area contributed by atoms with Gasteiger partial charge in [0, 0.05) is 11.8 Å². The van der Waals surface area contributed by atoms with E-state index in [4.69, 9.17) is 10.3 Å². The zero-order chi connectivity index (χ0) is 13.9. The Kier molecular flexibility index (Phi) is 5.22. The molecule has 1 heterocycles. The van der Waals surface area contributed by atoms with E-state index in [0.29, 0.717) is 18.3 Å². The minimum atomic E-state index is 0. The summed E-state index contributed by atoms with van der Waals surface area (Å²) in [5.41, 5.74) is 10.6. The Balaban J connectivity index is 0.00000161. The number of hydrogen-bond donors (Lipinski definition) is 2. The highest BCUT2D eigenvalue weighted by Crippen LogP contribution is 2.24. The summed E-state index contributed by atoms with van der Waals surface area (Å²) in [7, 11) is 0. The molecule has 3 rings (SSSR count). The van der Waals surface area contributed by atoms with Gasteiger partial charge in [0.15, 0.2) is 11.7 Å². The number of rotatable bonds is 3. The van der Waals surface area contributed by atoms with Crippen LogP contribution in [0.15, 0.2) is 33.8 Å². The Morgan fingerprint density at radius 1 is 1.33 bits per heavy atom. The molecule has 2 aromatic rings. The van der Waals surface area contributed by atoms with Crippen LogP contribution in [0.4, 0.5) is 5.69 Å². The highest BCUT2D eigenvalue weighted by Gasteiger charge is 2.10. The average Bonchev–Trinajstić information content (AvgIpc) is 3.04. The molecule has 3 N–H and O–H groups in total. The summed E-state index contributed by atoms with van der Waals surface area (Å²) >= 11 is 0. The fraction of sp³-hybridized carbons (Fsp3) is 0.333. The van der Waals surface area contributed by atoms with Crippen LogP contribution < -0.4 is 11.1 Å². The number of nitrogens with one attached hydrogen (secondary N) is 1. The molecule has 6 heteroatoms. The van der Waals surface area contributed by atoms with Gasteiger partial charge in [-0.1, -0.05) is 11.2 Å². The van der Waals surface area contributed by atoms with Gasteiger partial charge in [-0.3, -0.25) is 0 Å². The second-order valence-corrected chi connectivity index (χ2v) is 5.10. The molecule has 112 valence electrons. The molecule has 0 fully saturated rings. The van der Waals surface area contributed by atoms with Crippen LogP contribution in [-0.4, -0.2) is 11.1 Å². The molecule has 1 aliphatic carbocycles. The number of aromatic nitrogens is 1. The number of nitrogens with two attached hydrogens (primary N) is 1. The lowest BCUT2D eigenvalue weighted by atomic mass is 10.1. The normalized spacial score (nSPS) is 13.7. The van der Waals surface area contributed by atoms with Gasteiger partial charge in [-0.15, -0.1) is 24.0 Å². The Morgan fingerprint density at radius 2 is 2.14 bits per heavy atom. The summed E-state index contributed by atoms with van der Waals surface area (Å²) in [5, 5.41) is 6.93. The Labute approximate surface area is 141 Å². The van der Waals surface area contributed by atoms with Gasteiger partial charge in [0.25, 0.3) is 0 Å². The van der Waals surface area contributed by atoms with E-state index in [2.05, 4.69) is 27.6 Å². The highest BCUT2D eigenvalue weighted by atomic mass is 127. The lowest BCUT2D eigenvalue weighted by molar-refractivity contribution is 0.381. The Bertz CT molecular complexity index is 651. The number of hydrogen-bond acceptors (Lipinski definition) is 3. The van der Waals surface area contributed by atoms with Crippen LogP contribution in [0, 0.1) is 6.92 Å². The SMILES string of the molecule is Cc1cc(CN=C(N)Nc2ccc3c(c2)CCC3)on1.I. The fourth-order valence-corrected chi connectivity index (χ4v) is 2.49. The molecule has 1 aliphatic rings. The third-order valence-corrected chi connectivity index (χ3v) is 3.45. The average molecular weight is 398 g/mol. The first-order chi connectivity index (χ1) is 9.70. The summed E-state index contributed by atoms with van der Waals surface area (Å²) in [6.45, 7) is 2.27. The van der Waals surface area contributed by atoms with Crippen molar-refractivity contribution in [3.63, 3.8) is 0 Å². The summed E-state index contributed by atoms with van der Waals surface area (Å²) < 4.78 is 5.08. The van der Waals surface area contributed by atoms with Gasteiger partial charge >= 0.3 is 0 Å². The minimum absolute atomic E-state index is 0. The second-order valence-electron chi connectivity index (χ2n) is 5.10. The third-order valence-electron chi connectivity index (χ3n) is 3.45. The summed E-state index contributed by atoms with van der Waals surface area (Å²) in [4.78, 5) is 4.25. The maximum Gasteiger partial charge on any atom is 0.193 e. The van der Waals surface area contributed by atoms with Crippen LogP contribution in [0.25, 0.3) is 0 Å². The number of halogens is 1. The van der Waals surface area contributed by atoms with Crippen LogP contribution in [0.2, 0.25) is 0 Å². The Morgan fingerprint density at radius 3 is 2.90 bits per heavy atom. The number of nitrogens with zero attached hydrogens (tertiary/aromatic N) is 2. The lowest BCUT2D eigenvalue weighted by Gasteiger charge is -2.07. The van der Waals surface area contributed by atoms with Gasteiger partial charge < -0.3 is 15.6 Å². The molecule has 0 unspecified atom stereocenters. The Hall–Kier alpha value is -1.57.